The van der Waals surface area contributed by atoms with E-state index in [4.69, 9.17) is 0 Å². The molecule has 2 heterocycles. The number of aryl methyl sites for hydroxylation is 1. The molecule has 0 aliphatic rings. The molecule has 0 fully saturated rings. The number of hydrogen-bond donors (Lipinski definition) is 0. The zero-order chi connectivity index (χ0) is 8.55. The van der Waals surface area contributed by atoms with Crippen molar-refractivity contribution in [1.29, 1.82) is 0 Å². The van der Waals surface area contributed by atoms with E-state index in [1.807, 2.05) is 30.1 Å². The minimum absolute atomic E-state index is 1.04. The van der Waals surface area contributed by atoms with Crippen LogP contribution < -0.4 is 0 Å². The van der Waals surface area contributed by atoms with Gasteiger partial charge in [-0.3, -0.25) is 4.57 Å². The molecule has 0 N–H and O–H groups in total. The Kier molecular flexibility index (Phi) is 2.02. The number of aromatic nitrogens is 2. The van der Waals surface area contributed by atoms with Gasteiger partial charge in [0.25, 0.3) is 0 Å². The third-order valence-electron chi connectivity index (χ3n) is 1.53. The molecule has 0 bridgehead atoms. The van der Waals surface area contributed by atoms with E-state index in [0.717, 1.165) is 9.48 Å². The molecule has 0 saturated heterocycles. The minimum Gasteiger partial charge on any atom is -0.297 e. The van der Waals surface area contributed by atoms with Crippen LogP contribution >= 0.6 is 27.3 Å². The van der Waals surface area contributed by atoms with Crippen molar-refractivity contribution in [2.24, 2.45) is 0 Å². The third-order valence-corrected chi connectivity index (χ3v) is 3.16. The van der Waals surface area contributed by atoms with Crippen LogP contribution in [0.3, 0.4) is 0 Å². The van der Waals surface area contributed by atoms with Crippen molar-refractivity contribution in [2.75, 3.05) is 0 Å². The van der Waals surface area contributed by atoms with Crippen LogP contribution in [0.25, 0.3) is 5.00 Å². The Hall–Kier alpha value is -0.610. The Balaban J connectivity index is 2.43. The van der Waals surface area contributed by atoms with Gasteiger partial charge in [0, 0.05) is 6.20 Å². The van der Waals surface area contributed by atoms with Crippen molar-refractivity contribution in [3.63, 3.8) is 0 Å². The fourth-order valence-electron chi connectivity index (χ4n) is 0.985. The first kappa shape index (κ1) is 8.01. The quantitative estimate of drug-likeness (QED) is 0.752. The summed E-state index contributed by atoms with van der Waals surface area (Å²) in [6.07, 6.45) is 3.84. The Morgan fingerprint density at radius 3 is 2.83 bits per heavy atom. The lowest BCUT2D eigenvalue weighted by molar-refractivity contribution is 1.09. The Bertz CT molecular complexity index is 353. The Morgan fingerprint density at radius 1 is 1.50 bits per heavy atom. The highest BCUT2D eigenvalue weighted by Gasteiger charge is 1.99. The minimum atomic E-state index is 1.04. The summed E-state index contributed by atoms with van der Waals surface area (Å²) in [6.45, 7) is 1.99. The monoisotopic (exact) mass is 242 g/mol. The zero-order valence-corrected chi connectivity index (χ0v) is 8.89. The smallest absolute Gasteiger partial charge is 0.101 e. The summed E-state index contributed by atoms with van der Waals surface area (Å²) >= 11 is 5.11. The number of rotatable bonds is 1. The number of hydrogen-bond acceptors (Lipinski definition) is 2. The lowest BCUT2D eigenvalue weighted by Crippen LogP contribution is -1.82. The maximum Gasteiger partial charge on any atom is 0.101 e. The average Bonchev–Trinajstić information content (AvgIpc) is 2.58. The Labute approximate surface area is 83.0 Å². The molecular formula is C8H7BrN2S. The SMILES string of the molecule is Cc1cn(-c2ccc(Br)s2)cn1. The first-order chi connectivity index (χ1) is 5.75. The summed E-state index contributed by atoms with van der Waals surface area (Å²) in [4.78, 5) is 4.16. The summed E-state index contributed by atoms with van der Waals surface area (Å²) < 4.78 is 3.16. The number of halogens is 1. The van der Waals surface area contributed by atoms with Crippen LogP contribution in [0.15, 0.2) is 28.4 Å². The van der Waals surface area contributed by atoms with Crippen LogP contribution in [0.4, 0.5) is 0 Å². The van der Waals surface area contributed by atoms with Crippen molar-refractivity contribution in [2.45, 2.75) is 6.92 Å². The van der Waals surface area contributed by atoms with Crippen LogP contribution in [0.5, 0.6) is 0 Å². The molecule has 0 spiro atoms. The molecule has 0 aliphatic carbocycles. The number of thiophene rings is 1. The summed E-state index contributed by atoms with van der Waals surface area (Å²) in [7, 11) is 0. The van der Waals surface area contributed by atoms with E-state index < -0.39 is 0 Å². The second kappa shape index (κ2) is 3.03. The fraction of sp³-hybridized carbons (Fsp3) is 0.125. The van der Waals surface area contributed by atoms with Gasteiger partial charge in [-0.05, 0) is 35.0 Å². The lowest BCUT2D eigenvalue weighted by Gasteiger charge is -1.92. The van der Waals surface area contributed by atoms with Crippen molar-refractivity contribution in [3.8, 4) is 5.00 Å². The summed E-state index contributed by atoms with van der Waals surface area (Å²) in [5.74, 6) is 0. The molecule has 62 valence electrons. The zero-order valence-electron chi connectivity index (χ0n) is 6.49. The van der Waals surface area contributed by atoms with E-state index >= 15 is 0 Å². The van der Waals surface area contributed by atoms with Gasteiger partial charge in [0.1, 0.15) is 11.3 Å². The van der Waals surface area contributed by atoms with Gasteiger partial charge in [0.15, 0.2) is 0 Å². The summed E-state index contributed by atoms with van der Waals surface area (Å²) in [6, 6.07) is 4.10. The third kappa shape index (κ3) is 1.44. The summed E-state index contributed by atoms with van der Waals surface area (Å²) in [5.41, 5.74) is 1.04. The maximum absolute atomic E-state index is 4.16. The molecule has 0 unspecified atom stereocenters. The first-order valence-corrected chi connectivity index (χ1v) is 5.13. The molecule has 12 heavy (non-hydrogen) atoms. The molecule has 0 aromatic carbocycles. The van der Waals surface area contributed by atoms with Gasteiger partial charge in [-0.15, -0.1) is 11.3 Å². The van der Waals surface area contributed by atoms with Crippen LogP contribution in [-0.4, -0.2) is 9.55 Å². The van der Waals surface area contributed by atoms with Gasteiger partial charge < -0.3 is 0 Å². The van der Waals surface area contributed by atoms with Crippen molar-refractivity contribution >= 4 is 27.3 Å². The number of nitrogens with zero attached hydrogens (tertiary/aromatic N) is 2. The van der Waals surface area contributed by atoms with E-state index in [2.05, 4.69) is 27.0 Å². The highest BCUT2D eigenvalue weighted by Crippen LogP contribution is 2.25. The molecule has 0 amide bonds. The van der Waals surface area contributed by atoms with E-state index in [-0.39, 0.29) is 0 Å². The lowest BCUT2D eigenvalue weighted by atomic mass is 10.5. The van der Waals surface area contributed by atoms with E-state index in [0.29, 0.717) is 0 Å². The molecule has 2 aromatic rings. The van der Waals surface area contributed by atoms with Crippen molar-refractivity contribution < 1.29 is 0 Å². The van der Waals surface area contributed by atoms with Gasteiger partial charge in [0.2, 0.25) is 0 Å². The number of imidazole rings is 1. The van der Waals surface area contributed by atoms with Crippen LogP contribution in [0.2, 0.25) is 0 Å². The predicted octanol–water partition coefficient (Wildman–Crippen LogP) is 3.00. The molecule has 0 saturated carbocycles. The van der Waals surface area contributed by atoms with Crippen LogP contribution in [0, 0.1) is 6.92 Å². The van der Waals surface area contributed by atoms with Gasteiger partial charge >= 0.3 is 0 Å². The normalized spacial score (nSPS) is 10.5. The fourth-order valence-corrected chi connectivity index (χ4v) is 2.29. The molecular weight excluding hydrogens is 236 g/mol. The van der Waals surface area contributed by atoms with E-state index in [1.54, 1.807) is 11.3 Å². The molecule has 2 rings (SSSR count). The molecule has 2 nitrogen and oxygen atoms in total. The van der Waals surface area contributed by atoms with E-state index in [1.165, 1.54) is 5.00 Å². The van der Waals surface area contributed by atoms with Gasteiger partial charge in [-0.2, -0.15) is 0 Å². The Morgan fingerprint density at radius 2 is 2.33 bits per heavy atom. The second-order valence-corrected chi connectivity index (χ2v) is 4.94. The molecule has 0 radical (unpaired) electrons. The highest BCUT2D eigenvalue weighted by molar-refractivity contribution is 9.11. The summed E-state index contributed by atoms with van der Waals surface area (Å²) in [5, 5.41) is 1.18. The van der Waals surface area contributed by atoms with Crippen LogP contribution in [0.1, 0.15) is 5.69 Å². The molecule has 0 atom stereocenters. The predicted molar refractivity (Wildman–Crippen MR) is 53.9 cm³/mol. The van der Waals surface area contributed by atoms with Crippen molar-refractivity contribution in [1.82, 2.24) is 9.55 Å². The van der Waals surface area contributed by atoms with Gasteiger partial charge in [-0.1, -0.05) is 0 Å². The highest BCUT2D eigenvalue weighted by atomic mass is 79.9. The van der Waals surface area contributed by atoms with Gasteiger partial charge in [0.05, 0.1) is 9.48 Å². The average molecular weight is 243 g/mol. The standard InChI is InChI=1S/C8H7BrN2S/c1-6-4-11(5-10-6)8-3-2-7(9)12-8/h2-5H,1H3. The van der Waals surface area contributed by atoms with Crippen molar-refractivity contribution in [3.05, 3.63) is 34.1 Å². The largest absolute Gasteiger partial charge is 0.297 e. The molecule has 0 aliphatic heterocycles. The molecule has 4 heteroatoms. The first-order valence-electron chi connectivity index (χ1n) is 3.52. The molecule has 2 aromatic heterocycles. The van der Waals surface area contributed by atoms with Crippen LogP contribution in [-0.2, 0) is 0 Å². The maximum atomic E-state index is 4.16. The second-order valence-electron chi connectivity index (χ2n) is 2.50. The topological polar surface area (TPSA) is 17.8 Å². The van der Waals surface area contributed by atoms with Gasteiger partial charge in [-0.25, -0.2) is 4.98 Å². The van der Waals surface area contributed by atoms with E-state index in [9.17, 15) is 0 Å².